The molecule has 1 saturated heterocycles. The van der Waals surface area contributed by atoms with E-state index in [4.69, 9.17) is 10.5 Å². The second kappa shape index (κ2) is 9.34. The lowest BCUT2D eigenvalue weighted by Gasteiger charge is -2.34. The van der Waals surface area contributed by atoms with Gasteiger partial charge in [0.25, 0.3) is 0 Å². The lowest BCUT2D eigenvalue weighted by atomic mass is 10.1. The molecule has 1 aliphatic heterocycles. The van der Waals surface area contributed by atoms with Crippen LogP contribution in [0.4, 0.5) is 5.69 Å². The summed E-state index contributed by atoms with van der Waals surface area (Å²) in [5.74, 6) is 0.0142. The maximum Gasteiger partial charge on any atom is 0.222 e. The first-order chi connectivity index (χ1) is 12.3. The molecule has 0 bridgehead atoms. The molecule has 0 atom stereocenters. The average Bonchev–Trinajstić information content (AvgIpc) is 2.60. The fraction of sp³-hybridized carbons (Fsp3) is 0.611. The standard InChI is InChI=1S/C18H29N3O4S/c1-15(2)25-13-14-26(23,24)21-11-9-20(10-12-21)18(22)8-7-16-5-3-4-6-17(16)19/h3-6,15H,7-14,19H2,1-2H3. The minimum absolute atomic E-state index is 0.0123. The van der Waals surface area contributed by atoms with Crippen LogP contribution < -0.4 is 5.73 Å². The van der Waals surface area contributed by atoms with Gasteiger partial charge in [-0.2, -0.15) is 4.31 Å². The van der Waals surface area contributed by atoms with Crippen molar-refractivity contribution in [1.29, 1.82) is 0 Å². The Kier molecular flexibility index (Phi) is 7.43. The number of aryl methyl sites for hydroxylation is 1. The van der Waals surface area contributed by atoms with Gasteiger partial charge in [-0.15, -0.1) is 0 Å². The van der Waals surface area contributed by atoms with Gasteiger partial charge >= 0.3 is 0 Å². The van der Waals surface area contributed by atoms with Gasteiger partial charge in [0, 0.05) is 38.3 Å². The van der Waals surface area contributed by atoms with Crippen molar-refractivity contribution in [3.63, 3.8) is 0 Å². The van der Waals surface area contributed by atoms with Gasteiger partial charge in [0.1, 0.15) is 0 Å². The number of rotatable bonds is 8. The molecule has 1 fully saturated rings. The first kappa shape index (κ1) is 20.7. The zero-order valence-electron chi connectivity index (χ0n) is 15.6. The Bertz CT molecular complexity index is 698. The summed E-state index contributed by atoms with van der Waals surface area (Å²) in [6.07, 6.45) is 0.984. The molecular formula is C18H29N3O4S. The number of benzene rings is 1. The highest BCUT2D eigenvalue weighted by molar-refractivity contribution is 7.89. The third-order valence-corrected chi connectivity index (χ3v) is 6.28. The average molecular weight is 384 g/mol. The number of piperazine rings is 1. The molecule has 1 aromatic rings. The van der Waals surface area contributed by atoms with Gasteiger partial charge in [-0.25, -0.2) is 8.42 Å². The minimum Gasteiger partial charge on any atom is -0.399 e. The summed E-state index contributed by atoms with van der Waals surface area (Å²) >= 11 is 0. The van der Waals surface area contributed by atoms with E-state index in [1.165, 1.54) is 4.31 Å². The van der Waals surface area contributed by atoms with E-state index in [-0.39, 0.29) is 24.4 Å². The van der Waals surface area contributed by atoms with Crippen molar-refractivity contribution in [1.82, 2.24) is 9.21 Å². The van der Waals surface area contributed by atoms with E-state index in [1.807, 2.05) is 38.1 Å². The lowest BCUT2D eigenvalue weighted by molar-refractivity contribution is -0.132. The Morgan fingerprint density at radius 1 is 1.19 bits per heavy atom. The van der Waals surface area contributed by atoms with Crippen molar-refractivity contribution in [3.8, 4) is 0 Å². The number of sulfonamides is 1. The number of carbonyl (C=O) groups is 1. The van der Waals surface area contributed by atoms with Crippen molar-refractivity contribution in [2.24, 2.45) is 0 Å². The monoisotopic (exact) mass is 383 g/mol. The van der Waals surface area contributed by atoms with Crippen LogP contribution >= 0.6 is 0 Å². The summed E-state index contributed by atoms with van der Waals surface area (Å²) < 4.78 is 31.4. The number of carbonyl (C=O) groups excluding carboxylic acids is 1. The summed E-state index contributed by atoms with van der Waals surface area (Å²) in [4.78, 5) is 14.1. The van der Waals surface area contributed by atoms with Crippen molar-refractivity contribution < 1.29 is 17.9 Å². The van der Waals surface area contributed by atoms with Crippen LogP contribution in [0.25, 0.3) is 0 Å². The van der Waals surface area contributed by atoms with Crippen molar-refractivity contribution >= 4 is 21.6 Å². The normalized spacial score (nSPS) is 16.2. The fourth-order valence-corrected chi connectivity index (χ4v) is 4.18. The Labute approximate surface area is 156 Å². The molecule has 26 heavy (non-hydrogen) atoms. The Balaban J connectivity index is 1.78. The topological polar surface area (TPSA) is 92.9 Å². The van der Waals surface area contributed by atoms with Gasteiger partial charge in [-0.3, -0.25) is 4.79 Å². The highest BCUT2D eigenvalue weighted by atomic mass is 32.2. The van der Waals surface area contributed by atoms with Crippen LogP contribution in [-0.2, 0) is 26.0 Å². The molecule has 0 aliphatic carbocycles. The molecule has 8 heteroatoms. The molecule has 0 unspecified atom stereocenters. The first-order valence-electron chi connectivity index (χ1n) is 9.00. The van der Waals surface area contributed by atoms with Gasteiger partial charge < -0.3 is 15.4 Å². The highest BCUT2D eigenvalue weighted by Gasteiger charge is 2.28. The van der Waals surface area contributed by atoms with Crippen LogP contribution in [0.15, 0.2) is 24.3 Å². The van der Waals surface area contributed by atoms with Gasteiger partial charge in [0.2, 0.25) is 15.9 Å². The van der Waals surface area contributed by atoms with E-state index in [2.05, 4.69) is 0 Å². The van der Waals surface area contributed by atoms with Crippen LogP contribution in [0.1, 0.15) is 25.8 Å². The quantitative estimate of drug-likeness (QED) is 0.679. The molecular weight excluding hydrogens is 354 g/mol. The van der Waals surface area contributed by atoms with E-state index in [0.29, 0.717) is 44.7 Å². The summed E-state index contributed by atoms with van der Waals surface area (Å²) in [6.45, 7) is 5.46. The number of hydrogen-bond donors (Lipinski definition) is 1. The molecule has 1 heterocycles. The van der Waals surface area contributed by atoms with E-state index in [9.17, 15) is 13.2 Å². The van der Waals surface area contributed by atoms with Crippen LogP contribution in [0.3, 0.4) is 0 Å². The predicted molar refractivity (Wildman–Crippen MR) is 102 cm³/mol. The van der Waals surface area contributed by atoms with Gasteiger partial charge in [0.15, 0.2) is 0 Å². The summed E-state index contributed by atoms with van der Waals surface area (Å²) in [5, 5.41) is 0. The molecule has 146 valence electrons. The second-order valence-corrected chi connectivity index (χ2v) is 8.80. The smallest absolute Gasteiger partial charge is 0.222 e. The number of ether oxygens (including phenoxy) is 1. The number of nitrogen functional groups attached to an aromatic ring is 1. The summed E-state index contributed by atoms with van der Waals surface area (Å²) in [7, 11) is -3.34. The van der Waals surface area contributed by atoms with Crippen LogP contribution in [-0.4, -0.2) is 68.2 Å². The molecule has 2 N–H and O–H groups in total. The lowest BCUT2D eigenvalue weighted by Crippen LogP contribution is -2.51. The number of nitrogens with zero attached hydrogens (tertiary/aromatic N) is 2. The largest absolute Gasteiger partial charge is 0.399 e. The Morgan fingerprint density at radius 2 is 1.85 bits per heavy atom. The SMILES string of the molecule is CC(C)OCCS(=O)(=O)N1CCN(C(=O)CCc2ccccc2N)CC1. The zero-order chi connectivity index (χ0) is 19.2. The van der Waals surface area contributed by atoms with Gasteiger partial charge in [-0.05, 0) is 31.9 Å². The third-order valence-electron chi connectivity index (χ3n) is 4.44. The fourth-order valence-electron chi connectivity index (χ4n) is 2.90. The molecule has 0 spiro atoms. The molecule has 1 aromatic carbocycles. The Morgan fingerprint density at radius 3 is 2.46 bits per heavy atom. The van der Waals surface area contributed by atoms with Gasteiger partial charge in [-0.1, -0.05) is 18.2 Å². The molecule has 7 nitrogen and oxygen atoms in total. The van der Waals surface area contributed by atoms with Crippen molar-refractivity contribution in [2.75, 3.05) is 44.3 Å². The van der Waals surface area contributed by atoms with E-state index in [0.717, 1.165) is 5.56 Å². The maximum absolute atomic E-state index is 12.4. The summed E-state index contributed by atoms with van der Waals surface area (Å²) in [5.41, 5.74) is 7.56. The van der Waals surface area contributed by atoms with E-state index >= 15 is 0 Å². The molecule has 0 saturated carbocycles. The van der Waals surface area contributed by atoms with Gasteiger partial charge in [0.05, 0.1) is 18.5 Å². The summed E-state index contributed by atoms with van der Waals surface area (Å²) in [6, 6.07) is 7.52. The van der Waals surface area contributed by atoms with Crippen LogP contribution in [0, 0.1) is 0 Å². The maximum atomic E-state index is 12.4. The van der Waals surface area contributed by atoms with Crippen molar-refractivity contribution in [3.05, 3.63) is 29.8 Å². The van der Waals surface area contributed by atoms with Crippen LogP contribution in [0.5, 0.6) is 0 Å². The number of hydrogen-bond acceptors (Lipinski definition) is 5. The highest BCUT2D eigenvalue weighted by Crippen LogP contribution is 2.15. The van der Waals surface area contributed by atoms with E-state index < -0.39 is 10.0 Å². The molecule has 1 aliphatic rings. The number of amides is 1. The molecule has 0 radical (unpaired) electrons. The molecule has 0 aromatic heterocycles. The zero-order valence-corrected chi connectivity index (χ0v) is 16.4. The Hall–Kier alpha value is -1.64. The first-order valence-corrected chi connectivity index (χ1v) is 10.6. The predicted octanol–water partition coefficient (Wildman–Crippen LogP) is 1.10. The second-order valence-electron chi connectivity index (χ2n) is 6.71. The third kappa shape index (κ3) is 5.96. The number of nitrogens with two attached hydrogens (primary N) is 1. The van der Waals surface area contributed by atoms with Crippen LogP contribution in [0.2, 0.25) is 0 Å². The van der Waals surface area contributed by atoms with Crippen molar-refractivity contribution in [2.45, 2.75) is 32.8 Å². The molecule has 1 amide bonds. The minimum atomic E-state index is -3.34. The number of para-hydroxylation sites is 1. The van der Waals surface area contributed by atoms with E-state index in [1.54, 1.807) is 4.90 Å². The number of anilines is 1. The molecule has 2 rings (SSSR count).